The second-order valence-corrected chi connectivity index (χ2v) is 3.95. The van der Waals surface area contributed by atoms with Gasteiger partial charge in [0.15, 0.2) is 11.6 Å². The molecule has 1 rings (SSSR count). The van der Waals surface area contributed by atoms with Crippen molar-refractivity contribution in [3.8, 4) is 5.75 Å². The topological polar surface area (TPSA) is 46.5 Å². The van der Waals surface area contributed by atoms with Crippen LogP contribution >= 0.6 is 0 Å². The Labute approximate surface area is 104 Å². The maximum atomic E-state index is 13.6. The molecule has 0 atom stereocenters. The van der Waals surface area contributed by atoms with Gasteiger partial charge in [0.2, 0.25) is 0 Å². The van der Waals surface area contributed by atoms with Crippen molar-refractivity contribution < 1.29 is 23.4 Å². The van der Waals surface area contributed by atoms with E-state index in [1.807, 2.05) is 0 Å². The van der Waals surface area contributed by atoms with Crippen molar-refractivity contribution in [2.45, 2.75) is 32.6 Å². The lowest BCUT2D eigenvalue weighted by molar-refractivity contribution is 0.0685. The second-order valence-electron chi connectivity index (χ2n) is 3.95. The Balaban J connectivity index is 2.67. The molecule has 0 spiro atoms. The molecule has 18 heavy (non-hydrogen) atoms. The van der Waals surface area contributed by atoms with Crippen molar-refractivity contribution in [1.82, 2.24) is 0 Å². The summed E-state index contributed by atoms with van der Waals surface area (Å²) in [7, 11) is 0. The van der Waals surface area contributed by atoms with E-state index in [9.17, 15) is 13.6 Å². The summed E-state index contributed by atoms with van der Waals surface area (Å²) in [6.07, 6.45) is 3.86. The SMILES string of the molecule is CCCCCCOc1ccc(F)c(C(=O)O)c1F. The van der Waals surface area contributed by atoms with E-state index in [0.717, 1.165) is 37.8 Å². The van der Waals surface area contributed by atoms with Crippen LogP contribution in [0, 0.1) is 11.6 Å². The fourth-order valence-corrected chi connectivity index (χ4v) is 1.55. The molecule has 0 saturated carbocycles. The highest BCUT2D eigenvalue weighted by molar-refractivity contribution is 5.88. The number of hydrogen-bond donors (Lipinski definition) is 1. The van der Waals surface area contributed by atoms with Crippen LogP contribution in [-0.4, -0.2) is 17.7 Å². The Morgan fingerprint density at radius 3 is 2.61 bits per heavy atom. The maximum absolute atomic E-state index is 13.6. The number of unbranched alkanes of at least 4 members (excludes halogenated alkanes) is 3. The Morgan fingerprint density at radius 1 is 1.28 bits per heavy atom. The van der Waals surface area contributed by atoms with E-state index in [2.05, 4.69) is 6.92 Å². The predicted octanol–water partition coefficient (Wildman–Crippen LogP) is 3.62. The molecule has 0 unspecified atom stereocenters. The van der Waals surface area contributed by atoms with E-state index in [-0.39, 0.29) is 5.75 Å². The summed E-state index contributed by atoms with van der Waals surface area (Å²) in [4.78, 5) is 10.7. The highest BCUT2D eigenvalue weighted by atomic mass is 19.1. The van der Waals surface area contributed by atoms with Crippen molar-refractivity contribution >= 4 is 5.97 Å². The third-order valence-electron chi connectivity index (χ3n) is 2.53. The van der Waals surface area contributed by atoms with Gasteiger partial charge in [-0.2, -0.15) is 0 Å². The Hall–Kier alpha value is -1.65. The van der Waals surface area contributed by atoms with Crippen molar-refractivity contribution in [2.24, 2.45) is 0 Å². The molecule has 0 fully saturated rings. The smallest absolute Gasteiger partial charge is 0.341 e. The molecule has 0 bridgehead atoms. The molecule has 0 amide bonds. The summed E-state index contributed by atoms with van der Waals surface area (Å²) >= 11 is 0. The van der Waals surface area contributed by atoms with Crippen molar-refractivity contribution in [3.05, 3.63) is 29.3 Å². The number of hydrogen-bond acceptors (Lipinski definition) is 2. The summed E-state index contributed by atoms with van der Waals surface area (Å²) in [5.41, 5.74) is -0.971. The van der Waals surface area contributed by atoms with Gasteiger partial charge in [-0.3, -0.25) is 0 Å². The summed E-state index contributed by atoms with van der Waals surface area (Å²) < 4.78 is 31.8. The van der Waals surface area contributed by atoms with Crippen molar-refractivity contribution in [3.63, 3.8) is 0 Å². The molecule has 100 valence electrons. The molecule has 0 saturated heterocycles. The van der Waals surface area contributed by atoms with Crippen LogP contribution in [0.5, 0.6) is 5.75 Å². The quantitative estimate of drug-likeness (QED) is 0.760. The number of carboxylic acids is 1. The van der Waals surface area contributed by atoms with E-state index < -0.39 is 23.2 Å². The van der Waals surface area contributed by atoms with Gasteiger partial charge in [0.1, 0.15) is 11.4 Å². The predicted molar refractivity (Wildman–Crippen MR) is 63.0 cm³/mol. The zero-order valence-electron chi connectivity index (χ0n) is 10.2. The Morgan fingerprint density at radius 2 is 2.00 bits per heavy atom. The van der Waals surface area contributed by atoms with E-state index in [4.69, 9.17) is 9.84 Å². The van der Waals surface area contributed by atoms with Crippen LogP contribution in [0.4, 0.5) is 8.78 Å². The van der Waals surface area contributed by atoms with Gasteiger partial charge < -0.3 is 9.84 Å². The standard InChI is InChI=1S/C13H16F2O3/c1-2-3-4-5-8-18-10-7-6-9(14)11(12(10)15)13(16)17/h6-7H,2-5,8H2,1H3,(H,16,17). The molecule has 1 aromatic rings. The number of rotatable bonds is 7. The molecule has 0 aromatic heterocycles. The van der Waals surface area contributed by atoms with E-state index in [1.54, 1.807) is 0 Å². The molecular weight excluding hydrogens is 242 g/mol. The van der Waals surface area contributed by atoms with E-state index in [1.165, 1.54) is 0 Å². The number of benzene rings is 1. The maximum Gasteiger partial charge on any atom is 0.341 e. The van der Waals surface area contributed by atoms with Crippen LogP contribution in [0.1, 0.15) is 43.0 Å². The van der Waals surface area contributed by atoms with Gasteiger partial charge in [0.25, 0.3) is 0 Å². The monoisotopic (exact) mass is 258 g/mol. The molecule has 5 heteroatoms. The zero-order chi connectivity index (χ0) is 13.5. The zero-order valence-corrected chi connectivity index (χ0v) is 10.2. The van der Waals surface area contributed by atoms with Crippen LogP contribution < -0.4 is 4.74 Å². The summed E-state index contributed by atoms with van der Waals surface area (Å²) in [5.74, 6) is -4.11. The number of aromatic carboxylic acids is 1. The van der Waals surface area contributed by atoms with Crippen LogP contribution in [0.25, 0.3) is 0 Å². The van der Waals surface area contributed by atoms with Gasteiger partial charge in [-0.25, -0.2) is 13.6 Å². The fraction of sp³-hybridized carbons (Fsp3) is 0.462. The van der Waals surface area contributed by atoms with Gasteiger partial charge >= 0.3 is 5.97 Å². The lowest BCUT2D eigenvalue weighted by atomic mass is 10.2. The van der Waals surface area contributed by atoms with Crippen LogP contribution in [0.2, 0.25) is 0 Å². The lowest BCUT2D eigenvalue weighted by Crippen LogP contribution is -2.08. The first-order valence-corrected chi connectivity index (χ1v) is 5.92. The van der Waals surface area contributed by atoms with E-state index >= 15 is 0 Å². The minimum atomic E-state index is -1.64. The Bertz CT molecular complexity index is 419. The first kappa shape index (κ1) is 14.4. The molecule has 3 nitrogen and oxygen atoms in total. The van der Waals surface area contributed by atoms with Gasteiger partial charge in [-0.05, 0) is 18.6 Å². The average molecular weight is 258 g/mol. The molecule has 0 heterocycles. The number of ether oxygens (including phenoxy) is 1. The molecule has 1 aromatic carbocycles. The Kier molecular flexibility index (Phi) is 5.55. The van der Waals surface area contributed by atoms with Crippen LogP contribution in [-0.2, 0) is 0 Å². The van der Waals surface area contributed by atoms with Crippen molar-refractivity contribution in [2.75, 3.05) is 6.61 Å². The summed E-state index contributed by atoms with van der Waals surface area (Å²) in [6, 6.07) is 2.00. The van der Waals surface area contributed by atoms with Gasteiger partial charge in [-0.15, -0.1) is 0 Å². The summed E-state index contributed by atoms with van der Waals surface area (Å²) in [6.45, 7) is 2.36. The first-order valence-electron chi connectivity index (χ1n) is 5.92. The van der Waals surface area contributed by atoms with Crippen LogP contribution in [0.15, 0.2) is 12.1 Å². The highest BCUT2D eigenvalue weighted by Gasteiger charge is 2.20. The van der Waals surface area contributed by atoms with Crippen molar-refractivity contribution in [1.29, 1.82) is 0 Å². The molecule has 0 aliphatic carbocycles. The van der Waals surface area contributed by atoms with E-state index in [0.29, 0.717) is 6.61 Å². The number of halogens is 2. The minimum Gasteiger partial charge on any atom is -0.490 e. The summed E-state index contributed by atoms with van der Waals surface area (Å²) in [5, 5.41) is 8.68. The normalized spacial score (nSPS) is 10.4. The van der Waals surface area contributed by atoms with Gasteiger partial charge in [0.05, 0.1) is 6.61 Å². The third kappa shape index (κ3) is 3.68. The third-order valence-corrected chi connectivity index (χ3v) is 2.53. The highest BCUT2D eigenvalue weighted by Crippen LogP contribution is 2.23. The lowest BCUT2D eigenvalue weighted by Gasteiger charge is -2.09. The van der Waals surface area contributed by atoms with Gasteiger partial charge in [-0.1, -0.05) is 26.2 Å². The molecular formula is C13H16F2O3. The average Bonchev–Trinajstić information content (AvgIpc) is 2.31. The number of carboxylic acid groups (broad SMARTS) is 1. The molecule has 0 aliphatic heterocycles. The minimum absolute atomic E-state index is 0.217. The molecule has 1 N–H and O–H groups in total. The largest absolute Gasteiger partial charge is 0.490 e. The first-order chi connectivity index (χ1) is 8.57. The number of carbonyl (C=O) groups is 1. The molecule has 0 radical (unpaired) electrons. The molecule has 0 aliphatic rings. The van der Waals surface area contributed by atoms with Crippen LogP contribution in [0.3, 0.4) is 0 Å². The van der Waals surface area contributed by atoms with Gasteiger partial charge in [0, 0.05) is 0 Å². The fourth-order valence-electron chi connectivity index (χ4n) is 1.55. The second kappa shape index (κ2) is 6.93.